The molecule has 6 nitrogen and oxygen atoms in total. The number of hydrogen-bond acceptors (Lipinski definition) is 6. The second-order valence-electron chi connectivity index (χ2n) is 4.64. The van der Waals surface area contributed by atoms with Crippen molar-refractivity contribution in [1.82, 2.24) is 20.0 Å². The molecule has 19 heavy (non-hydrogen) atoms. The molecule has 1 saturated heterocycles. The molecule has 1 fully saturated rings. The van der Waals surface area contributed by atoms with E-state index >= 15 is 0 Å². The van der Waals surface area contributed by atoms with E-state index in [9.17, 15) is 4.79 Å². The molecule has 2 aromatic heterocycles. The molecule has 0 saturated carbocycles. The van der Waals surface area contributed by atoms with Crippen LogP contribution in [0.4, 0.5) is 5.13 Å². The molecule has 100 valence electrons. The summed E-state index contributed by atoms with van der Waals surface area (Å²) in [4.78, 5) is 14.0. The maximum atomic E-state index is 11.7. The van der Waals surface area contributed by atoms with Gasteiger partial charge in [0.25, 0.3) is 5.56 Å². The second-order valence-corrected chi connectivity index (χ2v) is 5.80. The van der Waals surface area contributed by atoms with Gasteiger partial charge in [0.2, 0.25) is 5.13 Å². The van der Waals surface area contributed by atoms with Crippen LogP contribution in [0.3, 0.4) is 0 Å². The van der Waals surface area contributed by atoms with Gasteiger partial charge in [-0.3, -0.25) is 4.79 Å². The maximum Gasteiger partial charge on any atom is 0.266 e. The minimum absolute atomic E-state index is 0.0530. The van der Waals surface area contributed by atoms with Crippen molar-refractivity contribution >= 4 is 16.5 Å². The monoisotopic (exact) mass is 277 g/mol. The summed E-state index contributed by atoms with van der Waals surface area (Å²) in [6.07, 6.45) is 3.82. The summed E-state index contributed by atoms with van der Waals surface area (Å²) in [5, 5.41) is 14.3. The van der Waals surface area contributed by atoms with Gasteiger partial charge in [0.05, 0.1) is 12.6 Å². The zero-order valence-corrected chi connectivity index (χ0v) is 11.5. The van der Waals surface area contributed by atoms with Gasteiger partial charge in [0, 0.05) is 18.8 Å². The highest BCUT2D eigenvalue weighted by molar-refractivity contribution is 7.15. The first-order valence-electron chi connectivity index (χ1n) is 6.33. The van der Waals surface area contributed by atoms with Gasteiger partial charge < -0.3 is 4.90 Å². The van der Waals surface area contributed by atoms with Crippen molar-refractivity contribution < 1.29 is 0 Å². The standard InChI is InChI=1S/C12H15N5OS/c1-9-14-15-12(19-9)16-7-3-4-10(16)8-17-11(18)5-2-6-13-17/h2,5-6,10H,3-4,7-8H2,1H3. The number of nitrogens with zero attached hydrogens (tertiary/aromatic N) is 5. The highest BCUT2D eigenvalue weighted by Gasteiger charge is 2.27. The number of anilines is 1. The van der Waals surface area contributed by atoms with Crippen LogP contribution in [0.1, 0.15) is 17.8 Å². The Hall–Kier alpha value is -1.76. The fourth-order valence-electron chi connectivity index (χ4n) is 2.40. The van der Waals surface area contributed by atoms with E-state index in [1.165, 1.54) is 4.68 Å². The second kappa shape index (κ2) is 5.08. The summed E-state index contributed by atoms with van der Waals surface area (Å²) in [6, 6.07) is 3.49. The zero-order chi connectivity index (χ0) is 13.2. The molecule has 0 bridgehead atoms. The Kier molecular flexibility index (Phi) is 3.29. The third kappa shape index (κ3) is 2.51. The van der Waals surface area contributed by atoms with E-state index in [1.807, 2.05) is 6.92 Å². The van der Waals surface area contributed by atoms with Crippen LogP contribution in [0.2, 0.25) is 0 Å². The summed E-state index contributed by atoms with van der Waals surface area (Å²) in [6.45, 7) is 3.54. The summed E-state index contributed by atoms with van der Waals surface area (Å²) < 4.78 is 1.52. The lowest BCUT2D eigenvalue weighted by Crippen LogP contribution is -2.36. The minimum atomic E-state index is -0.0530. The Morgan fingerprint density at radius 2 is 2.37 bits per heavy atom. The minimum Gasteiger partial charge on any atom is -0.342 e. The average Bonchev–Trinajstić information content (AvgIpc) is 3.01. The average molecular weight is 277 g/mol. The molecule has 0 aromatic carbocycles. The van der Waals surface area contributed by atoms with Crippen LogP contribution >= 0.6 is 11.3 Å². The van der Waals surface area contributed by atoms with E-state index < -0.39 is 0 Å². The first-order chi connectivity index (χ1) is 9.24. The van der Waals surface area contributed by atoms with Crippen molar-refractivity contribution in [2.75, 3.05) is 11.4 Å². The Labute approximate surface area is 114 Å². The smallest absolute Gasteiger partial charge is 0.266 e. The van der Waals surface area contributed by atoms with Crippen LogP contribution < -0.4 is 10.5 Å². The molecule has 0 amide bonds. The molecule has 0 radical (unpaired) electrons. The molecular weight excluding hydrogens is 262 g/mol. The quantitative estimate of drug-likeness (QED) is 0.840. The van der Waals surface area contributed by atoms with Gasteiger partial charge in [-0.25, -0.2) is 4.68 Å². The highest BCUT2D eigenvalue weighted by Crippen LogP contribution is 2.28. The van der Waals surface area contributed by atoms with E-state index in [-0.39, 0.29) is 11.6 Å². The molecule has 1 atom stereocenters. The summed E-state index contributed by atoms with van der Waals surface area (Å²) >= 11 is 1.60. The van der Waals surface area contributed by atoms with Crippen molar-refractivity contribution in [2.24, 2.45) is 0 Å². The zero-order valence-electron chi connectivity index (χ0n) is 10.7. The summed E-state index contributed by atoms with van der Waals surface area (Å²) in [5.41, 5.74) is -0.0530. The molecule has 1 aliphatic heterocycles. The topological polar surface area (TPSA) is 63.9 Å². The predicted octanol–water partition coefficient (Wildman–Crippen LogP) is 1.07. The first-order valence-corrected chi connectivity index (χ1v) is 7.14. The van der Waals surface area contributed by atoms with E-state index in [4.69, 9.17) is 0 Å². The van der Waals surface area contributed by atoms with E-state index in [2.05, 4.69) is 20.2 Å². The van der Waals surface area contributed by atoms with Crippen molar-refractivity contribution in [3.05, 3.63) is 33.7 Å². The summed E-state index contributed by atoms with van der Waals surface area (Å²) in [5.74, 6) is 0. The largest absolute Gasteiger partial charge is 0.342 e. The van der Waals surface area contributed by atoms with Gasteiger partial charge in [-0.1, -0.05) is 11.3 Å². The van der Waals surface area contributed by atoms with Crippen LogP contribution in [0, 0.1) is 6.92 Å². The van der Waals surface area contributed by atoms with Crippen LogP contribution in [-0.2, 0) is 6.54 Å². The van der Waals surface area contributed by atoms with E-state index in [1.54, 1.807) is 29.7 Å². The Morgan fingerprint density at radius 1 is 1.47 bits per heavy atom. The van der Waals surface area contributed by atoms with E-state index in [0.29, 0.717) is 6.54 Å². The Morgan fingerprint density at radius 3 is 3.11 bits per heavy atom. The van der Waals surface area contributed by atoms with Crippen molar-refractivity contribution in [1.29, 1.82) is 0 Å². The number of aromatic nitrogens is 4. The first kappa shape index (κ1) is 12.3. The molecule has 1 unspecified atom stereocenters. The van der Waals surface area contributed by atoms with Crippen LogP contribution in [-0.4, -0.2) is 32.6 Å². The predicted molar refractivity (Wildman–Crippen MR) is 73.5 cm³/mol. The third-order valence-corrected chi connectivity index (χ3v) is 4.18. The molecular formula is C12H15N5OS. The Bertz CT molecular complexity index is 622. The van der Waals surface area contributed by atoms with Crippen molar-refractivity contribution in [3.8, 4) is 0 Å². The lowest BCUT2D eigenvalue weighted by molar-refractivity contribution is 0.488. The van der Waals surface area contributed by atoms with Gasteiger partial charge in [-0.05, 0) is 25.8 Å². The molecule has 0 N–H and O–H groups in total. The summed E-state index contributed by atoms with van der Waals surface area (Å²) in [7, 11) is 0. The molecule has 7 heteroatoms. The number of rotatable bonds is 3. The number of aryl methyl sites for hydroxylation is 1. The van der Waals surface area contributed by atoms with Gasteiger partial charge in [-0.15, -0.1) is 10.2 Å². The van der Waals surface area contributed by atoms with Crippen molar-refractivity contribution in [3.63, 3.8) is 0 Å². The van der Waals surface area contributed by atoms with Gasteiger partial charge in [-0.2, -0.15) is 5.10 Å². The van der Waals surface area contributed by atoms with Gasteiger partial charge in [0.1, 0.15) is 5.01 Å². The maximum absolute atomic E-state index is 11.7. The lowest BCUT2D eigenvalue weighted by Gasteiger charge is -2.23. The van der Waals surface area contributed by atoms with Crippen LogP contribution in [0.5, 0.6) is 0 Å². The molecule has 3 heterocycles. The van der Waals surface area contributed by atoms with Gasteiger partial charge >= 0.3 is 0 Å². The molecule has 0 aliphatic carbocycles. The van der Waals surface area contributed by atoms with Gasteiger partial charge in [0.15, 0.2) is 0 Å². The highest BCUT2D eigenvalue weighted by atomic mass is 32.1. The SMILES string of the molecule is Cc1nnc(N2CCCC2Cn2ncccc2=O)s1. The molecule has 3 rings (SSSR count). The third-order valence-electron chi connectivity index (χ3n) is 3.31. The lowest BCUT2D eigenvalue weighted by atomic mass is 10.2. The molecule has 0 spiro atoms. The van der Waals surface area contributed by atoms with Crippen LogP contribution in [0.15, 0.2) is 23.1 Å². The van der Waals surface area contributed by atoms with E-state index in [0.717, 1.165) is 29.5 Å². The van der Waals surface area contributed by atoms with Crippen molar-refractivity contribution in [2.45, 2.75) is 32.4 Å². The fourth-order valence-corrected chi connectivity index (χ4v) is 3.19. The molecule has 2 aromatic rings. The fraction of sp³-hybridized carbons (Fsp3) is 0.500. The number of hydrogen-bond donors (Lipinski definition) is 0. The normalized spacial score (nSPS) is 19.0. The van der Waals surface area contributed by atoms with Crippen LogP contribution in [0.25, 0.3) is 0 Å². The Balaban J connectivity index is 1.81. The molecule has 1 aliphatic rings.